The first-order valence-electron chi connectivity index (χ1n) is 5.79. The van der Waals surface area contributed by atoms with Crippen LogP contribution in [0.5, 0.6) is 0 Å². The number of anilines is 1. The summed E-state index contributed by atoms with van der Waals surface area (Å²) in [6.07, 6.45) is 4.16. The summed E-state index contributed by atoms with van der Waals surface area (Å²) >= 11 is 0. The molecule has 0 saturated carbocycles. The Morgan fingerprint density at radius 2 is 2.21 bits per heavy atom. The Balaban J connectivity index is 2.01. The van der Waals surface area contributed by atoms with Gasteiger partial charge in [-0.1, -0.05) is 0 Å². The van der Waals surface area contributed by atoms with E-state index < -0.39 is 12.0 Å². The van der Waals surface area contributed by atoms with Gasteiger partial charge in [0, 0.05) is 6.54 Å². The number of ether oxygens (including phenoxy) is 1. The zero-order valence-corrected chi connectivity index (χ0v) is 10.2. The topological polar surface area (TPSA) is 105 Å². The summed E-state index contributed by atoms with van der Waals surface area (Å²) < 4.78 is 5.20. The van der Waals surface area contributed by atoms with Crippen molar-refractivity contribution in [3.63, 3.8) is 0 Å². The summed E-state index contributed by atoms with van der Waals surface area (Å²) in [5, 5.41) is 11.4. The first-order chi connectivity index (χ1) is 9.16. The molecule has 0 aliphatic carbocycles. The summed E-state index contributed by atoms with van der Waals surface area (Å²) in [4.78, 5) is 31.9. The molecule has 1 fully saturated rings. The summed E-state index contributed by atoms with van der Waals surface area (Å²) in [6.45, 7) is 0.983. The van der Waals surface area contributed by atoms with Crippen molar-refractivity contribution < 1.29 is 19.4 Å². The van der Waals surface area contributed by atoms with Crippen molar-refractivity contribution in [2.24, 2.45) is 0 Å². The molecule has 0 aromatic carbocycles. The lowest BCUT2D eigenvalue weighted by Crippen LogP contribution is -2.51. The van der Waals surface area contributed by atoms with Crippen LogP contribution in [0.3, 0.4) is 0 Å². The number of nitrogens with zero attached hydrogens (tertiary/aromatic N) is 3. The number of nitrogens with one attached hydrogen (secondary N) is 1. The number of amides is 2. The molecule has 1 aromatic rings. The molecule has 2 rings (SSSR count). The Morgan fingerprint density at radius 3 is 2.89 bits per heavy atom. The number of hydrogen-bond donors (Lipinski definition) is 2. The second-order valence-corrected chi connectivity index (χ2v) is 4.08. The van der Waals surface area contributed by atoms with Crippen LogP contribution < -0.4 is 5.32 Å². The fourth-order valence-corrected chi connectivity index (χ4v) is 1.85. The highest BCUT2D eigenvalue weighted by molar-refractivity contribution is 5.89. The molecule has 2 amide bonds. The van der Waals surface area contributed by atoms with E-state index in [9.17, 15) is 9.59 Å². The Kier molecular flexibility index (Phi) is 4.24. The van der Waals surface area contributed by atoms with Gasteiger partial charge in [-0.05, 0) is 0 Å². The number of hydrogen-bond acceptors (Lipinski definition) is 5. The highest BCUT2D eigenvalue weighted by Crippen LogP contribution is 2.13. The first kappa shape index (κ1) is 13.2. The SMILES string of the molecule is O=C(O)CC1COCCN1C(=O)Nc1cncnc1. The molecule has 2 N–H and O–H groups in total. The van der Waals surface area contributed by atoms with Crippen molar-refractivity contribution in [1.82, 2.24) is 14.9 Å². The van der Waals surface area contributed by atoms with Gasteiger partial charge >= 0.3 is 12.0 Å². The minimum Gasteiger partial charge on any atom is -0.481 e. The standard InChI is InChI=1S/C11H14N4O4/c16-10(17)3-9-6-19-2-1-15(9)11(18)14-8-4-12-7-13-5-8/h4-5,7,9H,1-3,6H2,(H,14,18)(H,16,17). The van der Waals surface area contributed by atoms with Crippen molar-refractivity contribution in [3.05, 3.63) is 18.7 Å². The first-order valence-corrected chi connectivity index (χ1v) is 5.79. The van der Waals surface area contributed by atoms with Crippen LogP contribution in [0.25, 0.3) is 0 Å². The number of carboxylic acids is 1. The molecular formula is C11H14N4O4. The van der Waals surface area contributed by atoms with Crippen LogP contribution in [0.2, 0.25) is 0 Å². The van der Waals surface area contributed by atoms with Crippen molar-refractivity contribution in [3.8, 4) is 0 Å². The van der Waals surface area contributed by atoms with Crippen LogP contribution >= 0.6 is 0 Å². The minimum atomic E-state index is -0.962. The van der Waals surface area contributed by atoms with E-state index in [0.717, 1.165) is 0 Å². The normalized spacial score (nSPS) is 18.9. The molecule has 8 nitrogen and oxygen atoms in total. The average Bonchev–Trinajstić information content (AvgIpc) is 2.39. The number of rotatable bonds is 3. The maximum atomic E-state index is 12.1. The maximum absolute atomic E-state index is 12.1. The van der Waals surface area contributed by atoms with Crippen molar-refractivity contribution in [2.75, 3.05) is 25.1 Å². The highest BCUT2D eigenvalue weighted by Gasteiger charge is 2.29. The molecule has 102 valence electrons. The van der Waals surface area contributed by atoms with Crippen LogP contribution in [-0.2, 0) is 9.53 Å². The van der Waals surface area contributed by atoms with Crippen LogP contribution in [0.15, 0.2) is 18.7 Å². The highest BCUT2D eigenvalue weighted by atomic mass is 16.5. The van der Waals surface area contributed by atoms with Gasteiger partial charge in [0.05, 0.1) is 43.8 Å². The molecule has 1 aliphatic rings. The lowest BCUT2D eigenvalue weighted by atomic mass is 10.1. The third kappa shape index (κ3) is 3.62. The molecule has 0 bridgehead atoms. The van der Waals surface area contributed by atoms with Crippen molar-refractivity contribution in [2.45, 2.75) is 12.5 Å². The number of aromatic nitrogens is 2. The number of carbonyl (C=O) groups excluding carboxylic acids is 1. The second-order valence-electron chi connectivity index (χ2n) is 4.08. The zero-order chi connectivity index (χ0) is 13.7. The minimum absolute atomic E-state index is 0.140. The molecule has 8 heteroatoms. The fourth-order valence-electron chi connectivity index (χ4n) is 1.85. The largest absolute Gasteiger partial charge is 0.481 e. The van der Waals surface area contributed by atoms with Gasteiger partial charge in [0.1, 0.15) is 6.33 Å². The van der Waals surface area contributed by atoms with E-state index in [1.165, 1.54) is 23.6 Å². The van der Waals surface area contributed by atoms with Gasteiger partial charge in [-0.15, -0.1) is 0 Å². The third-order valence-corrected chi connectivity index (χ3v) is 2.71. The Bertz CT molecular complexity index is 453. The van der Waals surface area contributed by atoms with Gasteiger partial charge in [-0.25, -0.2) is 14.8 Å². The predicted molar refractivity (Wildman–Crippen MR) is 64.6 cm³/mol. The number of carbonyl (C=O) groups is 2. The third-order valence-electron chi connectivity index (χ3n) is 2.71. The fraction of sp³-hybridized carbons (Fsp3) is 0.455. The molecule has 2 heterocycles. The Morgan fingerprint density at radius 1 is 1.47 bits per heavy atom. The van der Waals surface area contributed by atoms with Gasteiger partial charge in [0.15, 0.2) is 0 Å². The summed E-state index contributed by atoms with van der Waals surface area (Å²) in [5.74, 6) is -0.962. The van der Waals surface area contributed by atoms with Crippen molar-refractivity contribution in [1.29, 1.82) is 0 Å². The number of morpholine rings is 1. The van der Waals surface area contributed by atoms with Crippen LogP contribution in [0.4, 0.5) is 10.5 Å². The predicted octanol–water partition coefficient (Wildman–Crippen LogP) is 0.184. The van der Waals surface area contributed by atoms with E-state index in [-0.39, 0.29) is 19.1 Å². The van der Waals surface area contributed by atoms with Crippen LogP contribution in [0.1, 0.15) is 6.42 Å². The molecular weight excluding hydrogens is 252 g/mol. The van der Waals surface area contributed by atoms with Gasteiger partial charge in [0.2, 0.25) is 0 Å². The summed E-state index contributed by atoms with van der Waals surface area (Å²) in [7, 11) is 0. The van der Waals surface area contributed by atoms with Gasteiger partial charge in [0.25, 0.3) is 0 Å². The van der Waals surface area contributed by atoms with Gasteiger partial charge in [-0.3, -0.25) is 4.79 Å². The zero-order valence-electron chi connectivity index (χ0n) is 10.2. The van der Waals surface area contributed by atoms with Gasteiger partial charge < -0.3 is 20.1 Å². The quantitative estimate of drug-likeness (QED) is 0.808. The molecule has 0 radical (unpaired) electrons. The molecule has 1 unspecified atom stereocenters. The van der Waals surface area contributed by atoms with E-state index >= 15 is 0 Å². The number of urea groups is 1. The van der Waals surface area contributed by atoms with E-state index in [1.54, 1.807) is 0 Å². The van der Waals surface area contributed by atoms with Crippen molar-refractivity contribution >= 4 is 17.7 Å². The Labute approximate surface area is 109 Å². The monoisotopic (exact) mass is 266 g/mol. The average molecular weight is 266 g/mol. The lowest BCUT2D eigenvalue weighted by Gasteiger charge is -2.34. The molecule has 19 heavy (non-hydrogen) atoms. The smallest absolute Gasteiger partial charge is 0.322 e. The maximum Gasteiger partial charge on any atom is 0.322 e. The lowest BCUT2D eigenvalue weighted by molar-refractivity contribution is -0.139. The van der Waals surface area contributed by atoms with Gasteiger partial charge in [-0.2, -0.15) is 0 Å². The molecule has 1 aliphatic heterocycles. The van der Waals surface area contributed by atoms with E-state index in [1.807, 2.05) is 0 Å². The van der Waals surface area contributed by atoms with E-state index in [4.69, 9.17) is 9.84 Å². The van der Waals surface area contributed by atoms with E-state index in [0.29, 0.717) is 18.8 Å². The number of aliphatic carboxylic acids is 1. The summed E-state index contributed by atoms with van der Waals surface area (Å²) in [5.41, 5.74) is 0.466. The summed E-state index contributed by atoms with van der Waals surface area (Å²) in [6, 6.07) is -0.833. The Hall–Kier alpha value is -2.22. The number of carboxylic acid groups (broad SMARTS) is 1. The second kappa shape index (κ2) is 6.10. The molecule has 0 spiro atoms. The molecule has 1 atom stereocenters. The molecule has 1 saturated heterocycles. The van der Waals surface area contributed by atoms with E-state index in [2.05, 4.69) is 15.3 Å². The van der Waals surface area contributed by atoms with Crippen LogP contribution in [0, 0.1) is 0 Å². The molecule has 1 aromatic heterocycles. The van der Waals surface area contributed by atoms with Crippen LogP contribution in [-0.4, -0.2) is 57.8 Å².